The summed E-state index contributed by atoms with van der Waals surface area (Å²) in [6.07, 6.45) is 7.97. The first kappa shape index (κ1) is 15.5. The summed E-state index contributed by atoms with van der Waals surface area (Å²) in [7, 11) is 0. The zero-order valence-electron chi connectivity index (χ0n) is 13.9. The topological polar surface area (TPSA) is 21.7 Å². The van der Waals surface area contributed by atoms with Gasteiger partial charge in [0.05, 0.1) is 12.7 Å². The first-order valence-corrected chi connectivity index (χ1v) is 8.80. The SMILES string of the molecule is CC1=C[C@H](C)[C@H]([C@@H]2OC[C@H](CN3CCCCC3)O2)[C@H](C)C1. The monoisotopic (exact) mass is 293 g/mol. The van der Waals surface area contributed by atoms with E-state index in [4.69, 9.17) is 9.47 Å². The number of likely N-dealkylation sites (tertiary alicyclic amines) is 1. The summed E-state index contributed by atoms with van der Waals surface area (Å²) in [4.78, 5) is 2.55. The Hall–Kier alpha value is -0.380. The van der Waals surface area contributed by atoms with E-state index < -0.39 is 0 Å². The molecule has 0 N–H and O–H groups in total. The minimum Gasteiger partial charge on any atom is -0.350 e. The molecule has 3 aliphatic rings. The molecule has 2 heterocycles. The quantitative estimate of drug-likeness (QED) is 0.744. The lowest BCUT2D eigenvalue weighted by atomic mass is 9.74. The van der Waals surface area contributed by atoms with Crippen molar-refractivity contribution in [1.29, 1.82) is 0 Å². The van der Waals surface area contributed by atoms with Crippen molar-refractivity contribution < 1.29 is 9.47 Å². The summed E-state index contributed by atoms with van der Waals surface area (Å²) in [5.74, 6) is 1.73. The van der Waals surface area contributed by atoms with Gasteiger partial charge in [-0.1, -0.05) is 31.9 Å². The summed E-state index contributed by atoms with van der Waals surface area (Å²) in [6, 6.07) is 0. The maximum Gasteiger partial charge on any atom is 0.161 e. The molecule has 3 nitrogen and oxygen atoms in total. The van der Waals surface area contributed by atoms with E-state index in [0.29, 0.717) is 17.8 Å². The van der Waals surface area contributed by atoms with Crippen LogP contribution in [0.4, 0.5) is 0 Å². The van der Waals surface area contributed by atoms with E-state index in [2.05, 4.69) is 31.7 Å². The van der Waals surface area contributed by atoms with E-state index in [-0.39, 0.29) is 12.4 Å². The molecule has 120 valence electrons. The van der Waals surface area contributed by atoms with Gasteiger partial charge in [-0.15, -0.1) is 0 Å². The van der Waals surface area contributed by atoms with Crippen LogP contribution in [0.3, 0.4) is 0 Å². The summed E-state index contributed by atoms with van der Waals surface area (Å²) >= 11 is 0. The molecule has 0 unspecified atom stereocenters. The Kier molecular flexibility index (Phi) is 5.03. The normalized spacial score (nSPS) is 42.0. The minimum absolute atomic E-state index is 0.00846. The van der Waals surface area contributed by atoms with Crippen LogP contribution in [-0.2, 0) is 9.47 Å². The lowest BCUT2D eigenvalue weighted by molar-refractivity contribution is -0.123. The average Bonchev–Trinajstić information content (AvgIpc) is 2.87. The number of hydrogen-bond donors (Lipinski definition) is 0. The molecule has 0 aromatic rings. The summed E-state index contributed by atoms with van der Waals surface area (Å²) in [5.41, 5.74) is 1.52. The van der Waals surface area contributed by atoms with Crippen LogP contribution in [0.5, 0.6) is 0 Å². The number of rotatable bonds is 3. The van der Waals surface area contributed by atoms with Crippen molar-refractivity contribution in [1.82, 2.24) is 4.90 Å². The van der Waals surface area contributed by atoms with E-state index in [0.717, 1.165) is 13.2 Å². The molecule has 2 aliphatic heterocycles. The average molecular weight is 293 g/mol. The molecular weight excluding hydrogens is 262 g/mol. The second kappa shape index (κ2) is 6.80. The minimum atomic E-state index is 0.00846. The highest BCUT2D eigenvalue weighted by atomic mass is 16.7. The van der Waals surface area contributed by atoms with E-state index in [9.17, 15) is 0 Å². The van der Waals surface area contributed by atoms with Crippen LogP contribution in [0.15, 0.2) is 11.6 Å². The lowest BCUT2D eigenvalue weighted by Gasteiger charge is -2.36. The Bertz CT molecular complexity index is 375. The fourth-order valence-electron chi connectivity index (χ4n) is 4.50. The number of hydrogen-bond acceptors (Lipinski definition) is 3. The van der Waals surface area contributed by atoms with Crippen molar-refractivity contribution in [2.75, 3.05) is 26.2 Å². The summed E-state index contributed by atoms with van der Waals surface area (Å²) in [5, 5.41) is 0. The van der Waals surface area contributed by atoms with Gasteiger partial charge >= 0.3 is 0 Å². The van der Waals surface area contributed by atoms with Gasteiger partial charge in [0.1, 0.15) is 0 Å². The van der Waals surface area contributed by atoms with Crippen LogP contribution in [0.2, 0.25) is 0 Å². The van der Waals surface area contributed by atoms with Gasteiger partial charge in [0.2, 0.25) is 0 Å². The maximum absolute atomic E-state index is 6.29. The third kappa shape index (κ3) is 3.69. The van der Waals surface area contributed by atoms with Gasteiger partial charge in [-0.2, -0.15) is 0 Å². The molecule has 0 radical (unpaired) electrons. The third-order valence-electron chi connectivity index (χ3n) is 5.45. The van der Waals surface area contributed by atoms with Crippen LogP contribution in [0, 0.1) is 17.8 Å². The molecule has 0 aromatic carbocycles. The highest BCUT2D eigenvalue weighted by Crippen LogP contribution is 2.39. The number of nitrogens with zero attached hydrogens (tertiary/aromatic N) is 1. The van der Waals surface area contributed by atoms with Crippen LogP contribution in [-0.4, -0.2) is 43.5 Å². The smallest absolute Gasteiger partial charge is 0.161 e. The largest absolute Gasteiger partial charge is 0.350 e. The number of piperidine rings is 1. The third-order valence-corrected chi connectivity index (χ3v) is 5.45. The molecule has 0 amide bonds. The van der Waals surface area contributed by atoms with Crippen molar-refractivity contribution in [3.8, 4) is 0 Å². The fourth-order valence-corrected chi connectivity index (χ4v) is 4.50. The van der Waals surface area contributed by atoms with E-state index in [1.807, 2.05) is 0 Å². The van der Waals surface area contributed by atoms with Crippen LogP contribution >= 0.6 is 0 Å². The first-order valence-electron chi connectivity index (χ1n) is 8.80. The molecule has 21 heavy (non-hydrogen) atoms. The van der Waals surface area contributed by atoms with Gasteiger partial charge in [0.25, 0.3) is 0 Å². The van der Waals surface area contributed by atoms with Gasteiger partial charge in [-0.25, -0.2) is 0 Å². The van der Waals surface area contributed by atoms with Crippen molar-refractivity contribution in [3.63, 3.8) is 0 Å². The Morgan fingerprint density at radius 2 is 1.95 bits per heavy atom. The molecule has 5 atom stereocenters. The summed E-state index contributed by atoms with van der Waals surface area (Å²) < 4.78 is 12.3. The Morgan fingerprint density at radius 3 is 2.67 bits per heavy atom. The van der Waals surface area contributed by atoms with Gasteiger partial charge < -0.3 is 14.4 Å². The molecule has 0 saturated carbocycles. The Morgan fingerprint density at radius 1 is 1.19 bits per heavy atom. The highest BCUT2D eigenvalue weighted by molar-refractivity contribution is 5.09. The molecule has 0 aromatic heterocycles. The van der Waals surface area contributed by atoms with Crippen molar-refractivity contribution >= 4 is 0 Å². The van der Waals surface area contributed by atoms with Crippen molar-refractivity contribution in [2.45, 2.75) is 58.8 Å². The zero-order valence-corrected chi connectivity index (χ0v) is 13.9. The van der Waals surface area contributed by atoms with Gasteiger partial charge in [-0.3, -0.25) is 0 Å². The molecule has 3 heteroatoms. The van der Waals surface area contributed by atoms with Gasteiger partial charge in [0.15, 0.2) is 6.29 Å². The van der Waals surface area contributed by atoms with Crippen LogP contribution in [0.25, 0.3) is 0 Å². The standard InChI is InChI=1S/C18H31NO2/c1-13-9-14(2)17(15(3)10-13)18-20-12-16(21-18)11-19-7-5-4-6-8-19/h9,14-18H,4-8,10-12H2,1-3H3/t14-,15+,16-,17-,18+/m0/s1. The van der Waals surface area contributed by atoms with Crippen LogP contribution in [0.1, 0.15) is 46.5 Å². The highest BCUT2D eigenvalue weighted by Gasteiger charge is 2.40. The Balaban J connectivity index is 1.54. The predicted octanol–water partition coefficient (Wildman–Crippen LogP) is 3.45. The van der Waals surface area contributed by atoms with Gasteiger partial charge in [0, 0.05) is 12.5 Å². The van der Waals surface area contributed by atoms with Crippen LogP contribution < -0.4 is 0 Å². The molecule has 0 bridgehead atoms. The predicted molar refractivity (Wildman–Crippen MR) is 85.1 cm³/mol. The Labute approximate surface area is 129 Å². The molecule has 0 spiro atoms. The van der Waals surface area contributed by atoms with Crippen molar-refractivity contribution in [3.05, 3.63) is 11.6 Å². The zero-order chi connectivity index (χ0) is 14.8. The second-order valence-electron chi connectivity index (χ2n) is 7.45. The molecule has 2 saturated heterocycles. The van der Waals surface area contributed by atoms with E-state index >= 15 is 0 Å². The second-order valence-corrected chi connectivity index (χ2v) is 7.45. The maximum atomic E-state index is 6.29. The van der Waals surface area contributed by atoms with E-state index in [1.54, 1.807) is 0 Å². The molecule has 1 aliphatic carbocycles. The van der Waals surface area contributed by atoms with E-state index in [1.165, 1.54) is 44.3 Å². The number of allylic oxidation sites excluding steroid dienone is 2. The van der Waals surface area contributed by atoms with Crippen molar-refractivity contribution in [2.24, 2.45) is 17.8 Å². The van der Waals surface area contributed by atoms with Gasteiger partial charge in [-0.05, 0) is 51.1 Å². The number of ether oxygens (including phenoxy) is 2. The summed E-state index contributed by atoms with van der Waals surface area (Å²) in [6.45, 7) is 11.2. The fraction of sp³-hybridized carbons (Fsp3) is 0.889. The molecule has 2 fully saturated rings. The molecule has 3 rings (SSSR count). The lowest BCUT2D eigenvalue weighted by Crippen LogP contribution is -2.39. The molecular formula is C18H31NO2. The first-order chi connectivity index (χ1) is 10.1.